The van der Waals surface area contributed by atoms with Gasteiger partial charge in [0.1, 0.15) is 11.5 Å². The normalized spacial score (nSPS) is 11.9. The molecule has 198 valence electrons. The molecule has 0 spiro atoms. The number of halogens is 2. The number of carbonyl (C=O) groups excluding carboxylic acids is 3. The van der Waals surface area contributed by atoms with Gasteiger partial charge in [0.05, 0.1) is 10.3 Å². The fraction of sp³-hybridized carbons (Fsp3) is 0.0690. The zero-order chi connectivity index (χ0) is 27.8. The highest BCUT2D eigenvalue weighted by Gasteiger charge is 2.18. The summed E-state index contributed by atoms with van der Waals surface area (Å²) >= 11 is 8.56. The van der Waals surface area contributed by atoms with Crippen LogP contribution in [0.4, 0.5) is 15.8 Å². The highest BCUT2D eigenvalue weighted by Crippen LogP contribution is 2.27. The van der Waals surface area contributed by atoms with Gasteiger partial charge in [0.15, 0.2) is 0 Å². The van der Waals surface area contributed by atoms with Crippen LogP contribution in [0.1, 0.15) is 22.8 Å². The molecule has 0 fully saturated rings. The van der Waals surface area contributed by atoms with E-state index >= 15 is 0 Å². The molecular formula is C29H23ClFN3O3S2. The Morgan fingerprint density at radius 3 is 2.44 bits per heavy atom. The molecule has 1 unspecified atom stereocenters. The van der Waals surface area contributed by atoms with Crippen molar-refractivity contribution < 1.29 is 18.8 Å². The van der Waals surface area contributed by atoms with Crippen LogP contribution in [-0.2, 0) is 9.59 Å². The molecular weight excluding hydrogens is 557 g/mol. The first-order chi connectivity index (χ1) is 18.8. The number of hydrogen-bond donors (Lipinski definition) is 3. The number of amides is 3. The summed E-state index contributed by atoms with van der Waals surface area (Å²) in [5.74, 6) is -1.75. The molecule has 3 aromatic carbocycles. The molecule has 0 aliphatic carbocycles. The lowest BCUT2D eigenvalue weighted by molar-refractivity contribution is -0.115. The van der Waals surface area contributed by atoms with Crippen molar-refractivity contribution in [3.63, 3.8) is 0 Å². The minimum absolute atomic E-state index is 0.0797. The second kappa shape index (κ2) is 13.2. The molecule has 0 radical (unpaired) electrons. The number of anilines is 2. The van der Waals surface area contributed by atoms with Crippen molar-refractivity contribution >= 4 is 69.9 Å². The average molecular weight is 580 g/mol. The number of benzene rings is 3. The molecule has 4 rings (SSSR count). The van der Waals surface area contributed by atoms with Gasteiger partial charge in [0, 0.05) is 21.8 Å². The SMILES string of the molecule is CC(Sc1cccc(NC(=O)/C(=C/c2ccsc2)NC(=O)c2ccccc2)c1)C(=O)Nc1ccc(F)c(Cl)c1. The summed E-state index contributed by atoms with van der Waals surface area (Å²) in [6.45, 7) is 1.73. The van der Waals surface area contributed by atoms with Crippen LogP contribution in [-0.4, -0.2) is 23.0 Å². The molecule has 0 aliphatic heterocycles. The second-order valence-corrected chi connectivity index (χ2v) is 10.9. The third-order valence-corrected chi connectivity index (χ3v) is 7.43. The topological polar surface area (TPSA) is 87.3 Å². The van der Waals surface area contributed by atoms with Gasteiger partial charge in [0.25, 0.3) is 11.8 Å². The van der Waals surface area contributed by atoms with Gasteiger partial charge in [-0.2, -0.15) is 11.3 Å². The maximum atomic E-state index is 13.4. The van der Waals surface area contributed by atoms with Crippen LogP contribution >= 0.6 is 34.7 Å². The Bertz CT molecular complexity index is 1510. The Kier molecular flexibility index (Phi) is 9.54. The van der Waals surface area contributed by atoms with Crippen LogP contribution in [0.2, 0.25) is 5.02 Å². The quantitative estimate of drug-likeness (QED) is 0.146. The molecule has 6 nitrogen and oxygen atoms in total. The van der Waals surface area contributed by atoms with Gasteiger partial charge < -0.3 is 16.0 Å². The number of nitrogens with one attached hydrogen (secondary N) is 3. The number of hydrogen-bond acceptors (Lipinski definition) is 5. The molecule has 0 bridgehead atoms. The van der Waals surface area contributed by atoms with Gasteiger partial charge >= 0.3 is 0 Å². The maximum Gasteiger partial charge on any atom is 0.272 e. The Morgan fingerprint density at radius 1 is 0.949 bits per heavy atom. The number of thioether (sulfide) groups is 1. The van der Waals surface area contributed by atoms with Crippen LogP contribution in [0.15, 0.2) is 100 Å². The molecule has 10 heteroatoms. The fourth-order valence-electron chi connectivity index (χ4n) is 3.39. The van der Waals surface area contributed by atoms with E-state index in [4.69, 9.17) is 11.6 Å². The van der Waals surface area contributed by atoms with Crippen molar-refractivity contribution in [2.45, 2.75) is 17.1 Å². The van der Waals surface area contributed by atoms with Crippen LogP contribution in [0.25, 0.3) is 6.08 Å². The Morgan fingerprint density at radius 2 is 1.72 bits per heavy atom. The van der Waals surface area contributed by atoms with Gasteiger partial charge in [-0.3, -0.25) is 14.4 Å². The molecule has 1 heterocycles. The second-order valence-electron chi connectivity index (χ2n) is 8.30. The Hall–Kier alpha value is -3.92. The molecule has 0 saturated carbocycles. The van der Waals surface area contributed by atoms with Crippen molar-refractivity contribution in [2.24, 2.45) is 0 Å². The lowest BCUT2D eigenvalue weighted by Crippen LogP contribution is -2.30. The first kappa shape index (κ1) is 28.1. The molecule has 4 aromatic rings. The fourth-order valence-corrected chi connectivity index (χ4v) is 5.11. The first-order valence-corrected chi connectivity index (χ1v) is 13.9. The predicted molar refractivity (Wildman–Crippen MR) is 157 cm³/mol. The van der Waals surface area contributed by atoms with E-state index in [-0.39, 0.29) is 16.6 Å². The van der Waals surface area contributed by atoms with Crippen LogP contribution in [0.5, 0.6) is 0 Å². The van der Waals surface area contributed by atoms with E-state index in [0.29, 0.717) is 16.9 Å². The number of thiophene rings is 1. The largest absolute Gasteiger partial charge is 0.325 e. The summed E-state index contributed by atoms with van der Waals surface area (Å²) < 4.78 is 13.4. The van der Waals surface area contributed by atoms with Gasteiger partial charge in [-0.05, 0) is 83.9 Å². The average Bonchev–Trinajstić information content (AvgIpc) is 3.44. The lowest BCUT2D eigenvalue weighted by Gasteiger charge is -2.14. The lowest BCUT2D eigenvalue weighted by atomic mass is 10.2. The van der Waals surface area contributed by atoms with Crippen LogP contribution < -0.4 is 16.0 Å². The Balaban J connectivity index is 1.44. The maximum absolute atomic E-state index is 13.4. The summed E-state index contributed by atoms with van der Waals surface area (Å²) in [5.41, 5.74) is 2.18. The van der Waals surface area contributed by atoms with Gasteiger partial charge in [-0.15, -0.1) is 11.8 Å². The summed E-state index contributed by atoms with van der Waals surface area (Å²) in [7, 11) is 0. The van der Waals surface area contributed by atoms with Gasteiger partial charge in [-0.1, -0.05) is 35.9 Å². The van der Waals surface area contributed by atoms with E-state index in [0.717, 1.165) is 10.5 Å². The van der Waals surface area contributed by atoms with E-state index in [1.807, 2.05) is 22.9 Å². The van der Waals surface area contributed by atoms with Gasteiger partial charge in [0.2, 0.25) is 5.91 Å². The first-order valence-electron chi connectivity index (χ1n) is 11.7. The minimum Gasteiger partial charge on any atom is -0.325 e. The molecule has 1 aromatic heterocycles. The molecule has 1 atom stereocenters. The zero-order valence-electron chi connectivity index (χ0n) is 20.6. The third-order valence-electron chi connectivity index (χ3n) is 5.34. The van der Waals surface area contributed by atoms with Crippen molar-refractivity contribution in [1.82, 2.24) is 5.32 Å². The van der Waals surface area contributed by atoms with Crippen LogP contribution in [0.3, 0.4) is 0 Å². The minimum atomic E-state index is -0.566. The van der Waals surface area contributed by atoms with E-state index in [1.165, 1.54) is 41.3 Å². The van der Waals surface area contributed by atoms with E-state index in [2.05, 4.69) is 16.0 Å². The molecule has 39 heavy (non-hydrogen) atoms. The smallest absolute Gasteiger partial charge is 0.272 e. The summed E-state index contributed by atoms with van der Waals surface area (Å²) in [4.78, 5) is 39.3. The van der Waals surface area contributed by atoms with Crippen molar-refractivity contribution in [2.75, 3.05) is 10.6 Å². The number of rotatable bonds is 9. The Labute approximate surface area is 238 Å². The van der Waals surface area contributed by atoms with Crippen molar-refractivity contribution in [3.05, 3.63) is 117 Å². The van der Waals surface area contributed by atoms with E-state index in [9.17, 15) is 18.8 Å². The highest BCUT2D eigenvalue weighted by molar-refractivity contribution is 8.00. The molecule has 0 aliphatic rings. The summed E-state index contributed by atoms with van der Waals surface area (Å²) in [5, 5.41) is 11.4. The predicted octanol–water partition coefficient (Wildman–Crippen LogP) is 7.07. The third kappa shape index (κ3) is 8.03. The molecule has 3 N–H and O–H groups in total. The zero-order valence-corrected chi connectivity index (χ0v) is 23.0. The molecule has 3 amide bonds. The van der Waals surface area contributed by atoms with Crippen molar-refractivity contribution in [1.29, 1.82) is 0 Å². The highest BCUT2D eigenvalue weighted by atomic mass is 35.5. The van der Waals surface area contributed by atoms with Gasteiger partial charge in [-0.25, -0.2) is 4.39 Å². The van der Waals surface area contributed by atoms with E-state index < -0.39 is 22.9 Å². The van der Waals surface area contributed by atoms with Crippen LogP contribution in [0, 0.1) is 5.82 Å². The summed E-state index contributed by atoms with van der Waals surface area (Å²) in [6.07, 6.45) is 1.61. The van der Waals surface area contributed by atoms with E-state index in [1.54, 1.807) is 61.5 Å². The summed E-state index contributed by atoms with van der Waals surface area (Å²) in [6, 6.07) is 21.5. The standard InChI is InChI=1S/C29H23ClFN3O3S2/c1-18(27(35)32-22-10-11-25(31)24(30)16-22)39-23-9-5-8-21(15-23)33-29(37)26(14-19-12-13-38-17-19)34-28(36)20-6-3-2-4-7-20/h2-18H,1H3,(H,32,35)(H,33,37)(H,34,36)/b26-14-. The monoisotopic (exact) mass is 579 g/mol. The number of carbonyl (C=O) groups is 3. The van der Waals surface area contributed by atoms with Crippen molar-refractivity contribution in [3.8, 4) is 0 Å². The molecule has 0 saturated heterocycles.